The van der Waals surface area contributed by atoms with Crippen LogP contribution in [0.4, 0.5) is 5.69 Å². The fraction of sp³-hybridized carbons (Fsp3) is 0.533. The summed E-state index contributed by atoms with van der Waals surface area (Å²) in [6, 6.07) is 8.04. The van der Waals surface area contributed by atoms with E-state index in [2.05, 4.69) is 0 Å². The van der Waals surface area contributed by atoms with Crippen LogP contribution in [0.2, 0.25) is 0 Å². The Bertz CT molecular complexity index is 426. The molecule has 2 rings (SSSR count). The van der Waals surface area contributed by atoms with Gasteiger partial charge in [0.25, 0.3) is 0 Å². The normalized spacial score (nSPS) is 16.4. The fourth-order valence-electron chi connectivity index (χ4n) is 2.35. The van der Waals surface area contributed by atoms with E-state index in [-0.39, 0.29) is 11.9 Å². The van der Waals surface area contributed by atoms with Crippen molar-refractivity contribution in [3.8, 4) is 0 Å². The van der Waals surface area contributed by atoms with Crippen molar-refractivity contribution >= 4 is 11.6 Å². The highest BCUT2D eigenvalue weighted by atomic mass is 16.2. The van der Waals surface area contributed by atoms with Gasteiger partial charge in [-0.25, -0.2) is 0 Å². The maximum atomic E-state index is 12.3. The van der Waals surface area contributed by atoms with E-state index in [4.69, 9.17) is 5.73 Å². The molecule has 1 atom stereocenters. The van der Waals surface area contributed by atoms with Crippen molar-refractivity contribution in [3.63, 3.8) is 0 Å². The Labute approximate surface area is 109 Å². The van der Waals surface area contributed by atoms with Crippen LogP contribution >= 0.6 is 0 Å². The zero-order valence-corrected chi connectivity index (χ0v) is 11.2. The zero-order valence-electron chi connectivity index (χ0n) is 11.2. The summed E-state index contributed by atoms with van der Waals surface area (Å²) >= 11 is 0. The van der Waals surface area contributed by atoms with Crippen LogP contribution in [-0.2, 0) is 4.79 Å². The van der Waals surface area contributed by atoms with Crippen molar-refractivity contribution in [3.05, 3.63) is 29.8 Å². The molecule has 0 heterocycles. The molecular weight excluding hydrogens is 224 g/mol. The molecule has 0 radical (unpaired) electrons. The van der Waals surface area contributed by atoms with E-state index in [0.717, 1.165) is 11.3 Å². The van der Waals surface area contributed by atoms with Crippen molar-refractivity contribution < 1.29 is 4.79 Å². The molecule has 98 valence electrons. The number of nitrogens with zero attached hydrogens (tertiary/aromatic N) is 1. The van der Waals surface area contributed by atoms with Crippen LogP contribution in [0.25, 0.3) is 0 Å². The molecule has 1 fully saturated rings. The van der Waals surface area contributed by atoms with Crippen molar-refractivity contribution in [2.75, 3.05) is 11.4 Å². The maximum Gasteiger partial charge on any atom is 0.228 e. The van der Waals surface area contributed by atoms with Gasteiger partial charge in [0, 0.05) is 24.7 Å². The van der Waals surface area contributed by atoms with E-state index in [1.807, 2.05) is 43.0 Å². The minimum Gasteiger partial charge on any atom is -0.327 e. The first kappa shape index (κ1) is 13.1. The summed E-state index contributed by atoms with van der Waals surface area (Å²) in [5.74, 6) is 0.718. The summed E-state index contributed by atoms with van der Waals surface area (Å²) < 4.78 is 0. The average molecular weight is 246 g/mol. The van der Waals surface area contributed by atoms with Crippen LogP contribution in [-0.4, -0.2) is 18.5 Å². The first-order valence-electron chi connectivity index (χ1n) is 6.75. The highest BCUT2D eigenvalue weighted by molar-refractivity contribution is 5.94. The number of carbonyl (C=O) groups is 1. The second-order valence-corrected chi connectivity index (χ2v) is 5.13. The number of hydrogen-bond acceptors (Lipinski definition) is 2. The standard InChI is InChI=1S/C15H22N2O/c1-3-17(14-7-5-4-6-11(14)2)15(18)10-13(16)12-8-9-12/h4-7,12-13H,3,8-10,16H2,1-2H3. The number of rotatable bonds is 5. The first-order valence-corrected chi connectivity index (χ1v) is 6.75. The lowest BCUT2D eigenvalue weighted by atomic mass is 10.1. The quantitative estimate of drug-likeness (QED) is 0.867. The van der Waals surface area contributed by atoms with E-state index in [1.165, 1.54) is 12.8 Å². The van der Waals surface area contributed by atoms with Crippen LogP contribution in [0.3, 0.4) is 0 Å². The summed E-state index contributed by atoms with van der Waals surface area (Å²) in [4.78, 5) is 14.2. The molecule has 18 heavy (non-hydrogen) atoms. The van der Waals surface area contributed by atoms with Gasteiger partial charge < -0.3 is 10.6 Å². The van der Waals surface area contributed by atoms with Gasteiger partial charge in [-0.3, -0.25) is 4.79 Å². The number of aryl methyl sites for hydroxylation is 1. The predicted molar refractivity (Wildman–Crippen MR) is 74.5 cm³/mol. The van der Waals surface area contributed by atoms with E-state index >= 15 is 0 Å². The number of hydrogen-bond donors (Lipinski definition) is 1. The highest BCUT2D eigenvalue weighted by Gasteiger charge is 2.31. The van der Waals surface area contributed by atoms with Gasteiger partial charge in [-0.05, 0) is 44.2 Å². The minimum atomic E-state index is 0.0376. The second kappa shape index (κ2) is 5.53. The molecule has 0 aliphatic heterocycles. The average Bonchev–Trinajstić information content (AvgIpc) is 3.16. The Kier molecular flexibility index (Phi) is 4.02. The smallest absolute Gasteiger partial charge is 0.228 e. The third kappa shape index (κ3) is 2.91. The highest BCUT2D eigenvalue weighted by Crippen LogP contribution is 2.33. The fourth-order valence-corrected chi connectivity index (χ4v) is 2.35. The monoisotopic (exact) mass is 246 g/mol. The Balaban J connectivity index is 2.08. The third-order valence-corrected chi connectivity index (χ3v) is 3.66. The molecule has 3 nitrogen and oxygen atoms in total. The van der Waals surface area contributed by atoms with E-state index in [9.17, 15) is 4.79 Å². The summed E-state index contributed by atoms with van der Waals surface area (Å²) in [6.45, 7) is 4.74. The summed E-state index contributed by atoms with van der Waals surface area (Å²) in [5.41, 5.74) is 8.18. The maximum absolute atomic E-state index is 12.3. The van der Waals surface area contributed by atoms with Crippen LogP contribution in [0.5, 0.6) is 0 Å². The predicted octanol–water partition coefficient (Wildman–Crippen LogP) is 2.48. The molecule has 2 N–H and O–H groups in total. The van der Waals surface area contributed by atoms with Gasteiger partial charge in [-0.1, -0.05) is 18.2 Å². The van der Waals surface area contributed by atoms with E-state index in [0.29, 0.717) is 18.9 Å². The van der Waals surface area contributed by atoms with Gasteiger partial charge in [0.2, 0.25) is 5.91 Å². The van der Waals surface area contributed by atoms with Gasteiger partial charge in [0.05, 0.1) is 0 Å². The Morgan fingerprint density at radius 1 is 1.44 bits per heavy atom. The number of benzene rings is 1. The molecule has 1 aromatic rings. The van der Waals surface area contributed by atoms with Crippen molar-refractivity contribution in [1.29, 1.82) is 0 Å². The van der Waals surface area contributed by atoms with Gasteiger partial charge in [0.1, 0.15) is 0 Å². The molecule has 0 bridgehead atoms. The molecule has 0 saturated heterocycles. The first-order chi connectivity index (χ1) is 8.63. The minimum absolute atomic E-state index is 0.0376. The third-order valence-electron chi connectivity index (χ3n) is 3.66. The van der Waals surface area contributed by atoms with Crippen molar-refractivity contribution in [1.82, 2.24) is 0 Å². The Hall–Kier alpha value is -1.35. The molecule has 1 aromatic carbocycles. The number of nitrogens with two attached hydrogens (primary N) is 1. The van der Waals surface area contributed by atoms with E-state index < -0.39 is 0 Å². The van der Waals surface area contributed by atoms with E-state index in [1.54, 1.807) is 0 Å². The molecule has 1 unspecified atom stereocenters. The van der Waals surface area contributed by atoms with Gasteiger partial charge >= 0.3 is 0 Å². The lowest BCUT2D eigenvalue weighted by Crippen LogP contribution is -2.37. The lowest BCUT2D eigenvalue weighted by Gasteiger charge is -2.24. The van der Waals surface area contributed by atoms with Gasteiger partial charge in [0.15, 0.2) is 0 Å². The molecule has 1 aliphatic rings. The van der Waals surface area contributed by atoms with Crippen LogP contribution in [0.1, 0.15) is 31.7 Å². The lowest BCUT2D eigenvalue weighted by molar-refractivity contribution is -0.119. The van der Waals surface area contributed by atoms with Crippen molar-refractivity contribution in [2.24, 2.45) is 11.7 Å². The number of carbonyl (C=O) groups excluding carboxylic acids is 1. The SMILES string of the molecule is CCN(C(=O)CC(N)C1CC1)c1ccccc1C. The summed E-state index contributed by atoms with van der Waals surface area (Å²) in [7, 11) is 0. The molecule has 0 aromatic heterocycles. The molecular formula is C15H22N2O. The van der Waals surface area contributed by atoms with Crippen LogP contribution in [0, 0.1) is 12.8 Å². The molecule has 1 saturated carbocycles. The zero-order chi connectivity index (χ0) is 13.1. The molecule has 0 spiro atoms. The largest absolute Gasteiger partial charge is 0.327 e. The summed E-state index contributed by atoms with van der Waals surface area (Å²) in [6.07, 6.45) is 2.84. The molecule has 3 heteroatoms. The topological polar surface area (TPSA) is 46.3 Å². The summed E-state index contributed by atoms with van der Waals surface area (Å²) in [5, 5.41) is 0. The van der Waals surface area contributed by atoms with Crippen LogP contribution in [0.15, 0.2) is 24.3 Å². The number of amides is 1. The second-order valence-electron chi connectivity index (χ2n) is 5.13. The number of anilines is 1. The molecule has 1 aliphatic carbocycles. The van der Waals surface area contributed by atoms with Crippen molar-refractivity contribution in [2.45, 2.75) is 39.2 Å². The number of para-hydroxylation sites is 1. The van der Waals surface area contributed by atoms with Crippen LogP contribution < -0.4 is 10.6 Å². The van der Waals surface area contributed by atoms with Gasteiger partial charge in [-0.15, -0.1) is 0 Å². The Morgan fingerprint density at radius 2 is 2.11 bits per heavy atom. The van der Waals surface area contributed by atoms with Gasteiger partial charge in [-0.2, -0.15) is 0 Å². The molecule has 1 amide bonds. The Morgan fingerprint density at radius 3 is 2.67 bits per heavy atom.